The number of rotatable bonds is 3. The van der Waals surface area contributed by atoms with Gasteiger partial charge in [0.15, 0.2) is 0 Å². The highest BCUT2D eigenvalue weighted by molar-refractivity contribution is 5.88. The monoisotopic (exact) mass is 290 g/mol. The Bertz CT molecular complexity index is 528. The average Bonchev–Trinajstić information content (AvgIpc) is 2.45. The van der Waals surface area contributed by atoms with Crippen molar-refractivity contribution in [3.8, 4) is 0 Å². The van der Waals surface area contributed by atoms with Crippen LogP contribution in [0.15, 0.2) is 30.3 Å². The van der Waals surface area contributed by atoms with Crippen LogP contribution in [0.4, 0.5) is 0 Å². The molecule has 0 bridgehead atoms. The standard InChI is InChI=1S/C16H22N2O3/c1-16(2)9-6-10-18(13(16)15(20)21)14(19)12(17)11-7-4-3-5-8-11/h3-5,7-8,12-13H,6,9-10,17H2,1-2H3,(H,20,21)/t12-,13?/m0/s1. The summed E-state index contributed by atoms with van der Waals surface area (Å²) in [5.41, 5.74) is 6.29. The Morgan fingerprint density at radius 2 is 1.95 bits per heavy atom. The summed E-state index contributed by atoms with van der Waals surface area (Å²) in [6.07, 6.45) is 1.58. The van der Waals surface area contributed by atoms with Gasteiger partial charge in [-0.3, -0.25) is 4.79 Å². The summed E-state index contributed by atoms with van der Waals surface area (Å²) in [5, 5.41) is 9.51. The molecule has 1 fully saturated rings. The van der Waals surface area contributed by atoms with Gasteiger partial charge in [-0.1, -0.05) is 44.2 Å². The lowest BCUT2D eigenvalue weighted by Gasteiger charge is -2.44. The van der Waals surface area contributed by atoms with E-state index in [9.17, 15) is 14.7 Å². The van der Waals surface area contributed by atoms with E-state index in [1.165, 1.54) is 4.90 Å². The summed E-state index contributed by atoms with van der Waals surface area (Å²) in [7, 11) is 0. The van der Waals surface area contributed by atoms with Crippen LogP contribution in [0, 0.1) is 5.41 Å². The molecule has 1 saturated heterocycles. The second-order valence-corrected chi connectivity index (χ2v) is 6.25. The molecule has 21 heavy (non-hydrogen) atoms. The molecule has 0 spiro atoms. The van der Waals surface area contributed by atoms with E-state index < -0.39 is 23.5 Å². The van der Waals surface area contributed by atoms with Crippen LogP contribution in [0.3, 0.4) is 0 Å². The van der Waals surface area contributed by atoms with Crippen molar-refractivity contribution in [3.05, 3.63) is 35.9 Å². The molecule has 1 aliphatic rings. The zero-order chi connectivity index (χ0) is 15.6. The van der Waals surface area contributed by atoms with Gasteiger partial charge in [0.05, 0.1) is 0 Å². The first-order chi connectivity index (χ1) is 9.84. The maximum Gasteiger partial charge on any atom is 0.326 e. The maximum absolute atomic E-state index is 12.6. The molecule has 1 aromatic carbocycles. The third-order valence-electron chi connectivity index (χ3n) is 4.21. The van der Waals surface area contributed by atoms with Crippen LogP contribution in [0.2, 0.25) is 0 Å². The number of carbonyl (C=O) groups is 2. The minimum atomic E-state index is -0.965. The van der Waals surface area contributed by atoms with Crippen LogP contribution in [-0.4, -0.2) is 34.5 Å². The number of carboxylic acids is 1. The van der Waals surface area contributed by atoms with Gasteiger partial charge in [0.25, 0.3) is 0 Å². The quantitative estimate of drug-likeness (QED) is 0.889. The van der Waals surface area contributed by atoms with Crippen molar-refractivity contribution in [2.45, 2.75) is 38.8 Å². The third kappa shape index (κ3) is 3.08. The summed E-state index contributed by atoms with van der Waals surface area (Å²) >= 11 is 0. The van der Waals surface area contributed by atoms with Crippen molar-refractivity contribution >= 4 is 11.9 Å². The van der Waals surface area contributed by atoms with Gasteiger partial charge in [-0.25, -0.2) is 4.79 Å². The Labute approximate surface area is 124 Å². The van der Waals surface area contributed by atoms with Gasteiger partial charge >= 0.3 is 5.97 Å². The second kappa shape index (κ2) is 5.85. The molecule has 1 unspecified atom stereocenters. The highest BCUT2D eigenvalue weighted by Crippen LogP contribution is 2.36. The van der Waals surface area contributed by atoms with Crippen LogP contribution in [-0.2, 0) is 9.59 Å². The lowest BCUT2D eigenvalue weighted by molar-refractivity contribution is -0.159. The van der Waals surface area contributed by atoms with E-state index >= 15 is 0 Å². The highest BCUT2D eigenvalue weighted by Gasteiger charge is 2.45. The molecule has 1 aliphatic heterocycles. The van der Waals surface area contributed by atoms with E-state index in [0.29, 0.717) is 12.1 Å². The molecular weight excluding hydrogens is 268 g/mol. The molecular formula is C16H22N2O3. The number of nitrogens with two attached hydrogens (primary N) is 1. The topological polar surface area (TPSA) is 83.6 Å². The van der Waals surface area contributed by atoms with Gasteiger partial charge in [0.1, 0.15) is 12.1 Å². The molecule has 2 atom stereocenters. The fourth-order valence-corrected chi connectivity index (χ4v) is 3.08. The van der Waals surface area contributed by atoms with Gasteiger partial charge in [-0.2, -0.15) is 0 Å². The van der Waals surface area contributed by atoms with Crippen LogP contribution >= 0.6 is 0 Å². The van der Waals surface area contributed by atoms with Crippen molar-refractivity contribution in [2.75, 3.05) is 6.54 Å². The normalized spacial score (nSPS) is 22.6. The minimum Gasteiger partial charge on any atom is -0.480 e. The van der Waals surface area contributed by atoms with Gasteiger partial charge < -0.3 is 15.7 Å². The number of likely N-dealkylation sites (tertiary alicyclic amines) is 1. The van der Waals surface area contributed by atoms with Gasteiger partial charge in [-0.05, 0) is 23.8 Å². The number of nitrogens with zero attached hydrogens (tertiary/aromatic N) is 1. The summed E-state index contributed by atoms with van der Waals surface area (Å²) in [6.45, 7) is 4.22. The predicted molar refractivity (Wildman–Crippen MR) is 79.5 cm³/mol. The Morgan fingerprint density at radius 3 is 2.52 bits per heavy atom. The lowest BCUT2D eigenvalue weighted by Crippen LogP contribution is -2.58. The first-order valence-electron chi connectivity index (χ1n) is 7.18. The smallest absolute Gasteiger partial charge is 0.326 e. The van der Waals surface area contributed by atoms with Crippen LogP contribution in [0.5, 0.6) is 0 Å². The number of benzene rings is 1. The fraction of sp³-hybridized carbons (Fsp3) is 0.500. The second-order valence-electron chi connectivity index (χ2n) is 6.25. The Morgan fingerprint density at radius 1 is 1.33 bits per heavy atom. The summed E-state index contributed by atoms with van der Waals surface area (Å²) in [5.74, 6) is -1.28. The molecule has 0 saturated carbocycles. The average molecular weight is 290 g/mol. The molecule has 0 aromatic heterocycles. The largest absolute Gasteiger partial charge is 0.480 e. The first kappa shape index (κ1) is 15.5. The highest BCUT2D eigenvalue weighted by atomic mass is 16.4. The van der Waals surface area contributed by atoms with Gasteiger partial charge in [-0.15, -0.1) is 0 Å². The van der Waals surface area contributed by atoms with Crippen LogP contribution in [0.25, 0.3) is 0 Å². The SMILES string of the molecule is CC1(C)CCCN(C(=O)[C@@H](N)c2ccccc2)C1C(=O)O. The maximum atomic E-state index is 12.6. The number of carboxylic acid groups (broad SMARTS) is 1. The van der Waals surface area contributed by atoms with Crippen molar-refractivity contribution in [3.63, 3.8) is 0 Å². The van der Waals surface area contributed by atoms with E-state index in [1.54, 1.807) is 12.1 Å². The number of aliphatic carboxylic acids is 1. The number of carbonyl (C=O) groups excluding carboxylic acids is 1. The van der Waals surface area contributed by atoms with E-state index in [2.05, 4.69) is 0 Å². The summed E-state index contributed by atoms with van der Waals surface area (Å²) < 4.78 is 0. The van der Waals surface area contributed by atoms with Crippen LogP contribution < -0.4 is 5.73 Å². The van der Waals surface area contributed by atoms with Gasteiger partial charge in [0, 0.05) is 6.54 Å². The molecule has 0 aliphatic carbocycles. The minimum absolute atomic E-state index is 0.318. The van der Waals surface area contributed by atoms with Crippen molar-refractivity contribution in [1.82, 2.24) is 4.90 Å². The number of hydrogen-bond donors (Lipinski definition) is 2. The molecule has 5 nitrogen and oxygen atoms in total. The van der Waals surface area contributed by atoms with Crippen molar-refractivity contribution in [1.29, 1.82) is 0 Å². The molecule has 3 N–H and O–H groups in total. The van der Waals surface area contributed by atoms with E-state index in [0.717, 1.165) is 12.8 Å². The Hall–Kier alpha value is -1.88. The summed E-state index contributed by atoms with van der Waals surface area (Å²) in [4.78, 5) is 25.7. The number of hydrogen-bond acceptors (Lipinski definition) is 3. The third-order valence-corrected chi connectivity index (χ3v) is 4.21. The summed E-state index contributed by atoms with van der Waals surface area (Å²) in [6, 6.07) is 7.41. The Balaban J connectivity index is 2.26. The molecule has 5 heteroatoms. The first-order valence-corrected chi connectivity index (χ1v) is 7.18. The Kier molecular flexibility index (Phi) is 4.32. The molecule has 1 aromatic rings. The molecule has 114 valence electrons. The van der Waals surface area contributed by atoms with Crippen molar-refractivity contribution < 1.29 is 14.7 Å². The zero-order valence-corrected chi connectivity index (χ0v) is 12.5. The van der Waals surface area contributed by atoms with Gasteiger partial charge in [0.2, 0.25) is 5.91 Å². The predicted octanol–water partition coefficient (Wildman–Crippen LogP) is 1.79. The molecule has 1 heterocycles. The number of amides is 1. The van der Waals surface area contributed by atoms with E-state index in [1.807, 2.05) is 32.0 Å². The van der Waals surface area contributed by atoms with Crippen molar-refractivity contribution in [2.24, 2.45) is 11.1 Å². The molecule has 1 amide bonds. The molecule has 0 radical (unpaired) electrons. The zero-order valence-electron chi connectivity index (χ0n) is 12.5. The van der Waals surface area contributed by atoms with Crippen LogP contribution in [0.1, 0.15) is 38.3 Å². The molecule has 2 rings (SSSR count). The number of piperidine rings is 1. The fourth-order valence-electron chi connectivity index (χ4n) is 3.08. The lowest BCUT2D eigenvalue weighted by atomic mass is 9.76. The van der Waals surface area contributed by atoms with E-state index in [-0.39, 0.29) is 5.91 Å². The van der Waals surface area contributed by atoms with E-state index in [4.69, 9.17) is 5.73 Å².